The second kappa shape index (κ2) is 14.7. The zero-order chi connectivity index (χ0) is 41.0. The molecule has 62 heavy (non-hydrogen) atoms. The molecule has 0 atom stereocenters. The third-order valence-corrected chi connectivity index (χ3v) is 12.1. The maximum Gasteiger partial charge on any atom is 0.160 e. The summed E-state index contributed by atoms with van der Waals surface area (Å²) in [5.41, 5.74) is 16.1. The lowest BCUT2D eigenvalue weighted by Gasteiger charge is -2.21. The summed E-state index contributed by atoms with van der Waals surface area (Å²) in [7, 11) is 0. The molecule has 0 bridgehead atoms. The van der Waals surface area contributed by atoms with E-state index in [-0.39, 0.29) is 0 Å². The zero-order valence-corrected chi connectivity index (χ0v) is 33.7. The van der Waals surface area contributed by atoms with Crippen LogP contribution in [0.15, 0.2) is 231 Å². The Morgan fingerprint density at radius 3 is 1.37 bits per heavy atom. The van der Waals surface area contributed by atoms with Crippen LogP contribution in [0.25, 0.3) is 111 Å². The van der Waals surface area contributed by atoms with Gasteiger partial charge in [0.1, 0.15) is 0 Å². The van der Waals surface area contributed by atoms with Crippen molar-refractivity contribution in [3.63, 3.8) is 0 Å². The fraction of sp³-hybridized carbons (Fsp3) is 0. The van der Waals surface area contributed by atoms with Crippen LogP contribution >= 0.6 is 0 Å². The molecule has 4 heteroatoms. The fourth-order valence-electron chi connectivity index (χ4n) is 9.36. The van der Waals surface area contributed by atoms with Gasteiger partial charge in [-0.1, -0.05) is 182 Å². The van der Waals surface area contributed by atoms with Crippen LogP contribution in [-0.4, -0.2) is 19.1 Å². The maximum absolute atomic E-state index is 5.35. The third-order valence-electron chi connectivity index (χ3n) is 12.1. The Bertz CT molecular complexity index is 3470. The lowest BCUT2D eigenvalue weighted by atomic mass is 9.91. The minimum absolute atomic E-state index is 0.688. The molecule has 0 aliphatic heterocycles. The highest BCUT2D eigenvalue weighted by Crippen LogP contribution is 2.47. The van der Waals surface area contributed by atoms with Crippen LogP contribution in [0.2, 0.25) is 0 Å². The maximum atomic E-state index is 5.35. The molecule has 4 nitrogen and oxygen atoms in total. The third kappa shape index (κ3) is 5.84. The van der Waals surface area contributed by atoms with Gasteiger partial charge in [-0.3, -0.25) is 0 Å². The van der Waals surface area contributed by atoms with Gasteiger partial charge in [0.15, 0.2) is 5.82 Å². The standard InChI is InChI=1S/C58H38N4/c1-6-20-39(21-7-1)48-36-43(51-38-50(41-24-10-3-11-25-41)59-58(60-51)42-26-12-4-13-27-42)37-49(40-22-8-2-9-23-40)56(48)62-52-32-18-16-30-45(52)46-34-35-54-55(57(46)62)47-31-17-19-33-53(47)61(54)44-28-14-5-15-29-44/h1-38H. The highest BCUT2D eigenvalue weighted by atomic mass is 15.0. The van der Waals surface area contributed by atoms with E-state index in [2.05, 4.69) is 215 Å². The quantitative estimate of drug-likeness (QED) is 0.161. The van der Waals surface area contributed by atoms with Gasteiger partial charge in [-0.25, -0.2) is 9.97 Å². The first kappa shape index (κ1) is 35.6. The van der Waals surface area contributed by atoms with Crippen molar-refractivity contribution in [2.45, 2.75) is 0 Å². The molecule has 9 aromatic carbocycles. The van der Waals surface area contributed by atoms with Crippen LogP contribution in [0, 0.1) is 0 Å². The monoisotopic (exact) mass is 790 g/mol. The highest BCUT2D eigenvalue weighted by molar-refractivity contribution is 6.26. The second-order valence-electron chi connectivity index (χ2n) is 15.7. The highest BCUT2D eigenvalue weighted by Gasteiger charge is 2.25. The van der Waals surface area contributed by atoms with Gasteiger partial charge in [-0.2, -0.15) is 0 Å². The molecule has 3 aromatic heterocycles. The Morgan fingerprint density at radius 1 is 0.306 bits per heavy atom. The molecule has 0 spiro atoms. The van der Waals surface area contributed by atoms with Gasteiger partial charge in [-0.15, -0.1) is 0 Å². The Balaban J connectivity index is 1.24. The normalized spacial score (nSPS) is 11.5. The number of hydrogen-bond acceptors (Lipinski definition) is 2. The summed E-state index contributed by atoms with van der Waals surface area (Å²) in [5.74, 6) is 0.688. The first-order chi connectivity index (χ1) is 30.8. The summed E-state index contributed by atoms with van der Waals surface area (Å²) in [5, 5.41) is 4.85. The molecule has 0 aliphatic rings. The molecule has 0 amide bonds. The molecule has 0 saturated carbocycles. The molecule has 0 fully saturated rings. The minimum atomic E-state index is 0.688. The summed E-state index contributed by atoms with van der Waals surface area (Å²) >= 11 is 0. The minimum Gasteiger partial charge on any atom is -0.309 e. The van der Waals surface area contributed by atoms with E-state index in [4.69, 9.17) is 9.97 Å². The van der Waals surface area contributed by atoms with E-state index in [0.29, 0.717) is 5.82 Å². The molecule has 12 rings (SSSR count). The summed E-state index contributed by atoms with van der Waals surface area (Å²) < 4.78 is 4.96. The number of benzene rings is 9. The molecule has 0 N–H and O–H groups in total. The number of nitrogens with zero attached hydrogens (tertiary/aromatic N) is 4. The Labute approximate surface area is 359 Å². The number of hydrogen-bond donors (Lipinski definition) is 0. The molecule has 0 unspecified atom stereocenters. The molecular weight excluding hydrogens is 753 g/mol. The number of fused-ring (bicyclic) bond motifs is 7. The average Bonchev–Trinajstić information content (AvgIpc) is 3.87. The van der Waals surface area contributed by atoms with E-state index in [1.807, 2.05) is 24.3 Å². The molecule has 0 aliphatic carbocycles. The van der Waals surface area contributed by atoms with Gasteiger partial charge in [0.25, 0.3) is 0 Å². The lowest BCUT2D eigenvalue weighted by molar-refractivity contribution is 1.17. The Morgan fingerprint density at radius 2 is 0.774 bits per heavy atom. The lowest BCUT2D eigenvalue weighted by Crippen LogP contribution is -2.03. The fourth-order valence-corrected chi connectivity index (χ4v) is 9.36. The van der Waals surface area contributed by atoms with Crippen LogP contribution < -0.4 is 0 Å². The van der Waals surface area contributed by atoms with Gasteiger partial charge < -0.3 is 9.13 Å². The predicted octanol–water partition coefficient (Wildman–Crippen LogP) is 15.0. The van der Waals surface area contributed by atoms with Crippen molar-refractivity contribution in [2.24, 2.45) is 0 Å². The smallest absolute Gasteiger partial charge is 0.160 e. The van der Waals surface area contributed by atoms with Crippen molar-refractivity contribution in [3.05, 3.63) is 231 Å². The first-order valence-corrected chi connectivity index (χ1v) is 21.1. The summed E-state index contributed by atoms with van der Waals surface area (Å²) in [6.07, 6.45) is 0. The van der Waals surface area contributed by atoms with Crippen LogP contribution in [0.5, 0.6) is 0 Å². The van der Waals surface area contributed by atoms with E-state index in [1.165, 1.54) is 32.6 Å². The summed E-state index contributed by atoms with van der Waals surface area (Å²) in [4.78, 5) is 10.5. The van der Waals surface area contributed by atoms with Gasteiger partial charge in [0.05, 0.1) is 39.1 Å². The van der Waals surface area contributed by atoms with Crippen molar-refractivity contribution in [1.82, 2.24) is 19.1 Å². The molecule has 0 radical (unpaired) electrons. The van der Waals surface area contributed by atoms with Gasteiger partial charge in [-0.05, 0) is 59.7 Å². The van der Waals surface area contributed by atoms with Crippen LogP contribution in [0.1, 0.15) is 0 Å². The van der Waals surface area contributed by atoms with Gasteiger partial charge >= 0.3 is 0 Å². The Kier molecular flexibility index (Phi) is 8.46. The number of aromatic nitrogens is 4. The van der Waals surface area contributed by atoms with Crippen molar-refractivity contribution in [1.29, 1.82) is 0 Å². The molecule has 0 saturated heterocycles. The largest absolute Gasteiger partial charge is 0.309 e. The summed E-state index contributed by atoms with van der Waals surface area (Å²) in [6.45, 7) is 0. The molecule has 3 heterocycles. The SMILES string of the molecule is c1ccc(-c2cc(-c3cc(-c4ccccc4)c(-n4c5ccccc5c5ccc6c(c7ccccc7n6-c6ccccc6)c54)c(-c4ccccc4)c3)nc(-c3ccccc3)n2)cc1. The van der Waals surface area contributed by atoms with Crippen LogP contribution in [0.3, 0.4) is 0 Å². The van der Waals surface area contributed by atoms with Crippen LogP contribution in [-0.2, 0) is 0 Å². The number of rotatable bonds is 7. The topological polar surface area (TPSA) is 35.6 Å². The van der Waals surface area contributed by atoms with E-state index < -0.39 is 0 Å². The van der Waals surface area contributed by atoms with E-state index in [0.717, 1.165) is 72.7 Å². The first-order valence-electron chi connectivity index (χ1n) is 21.1. The number of para-hydroxylation sites is 3. The summed E-state index contributed by atoms with van der Waals surface area (Å²) in [6, 6.07) is 82.2. The second-order valence-corrected chi connectivity index (χ2v) is 15.7. The average molecular weight is 791 g/mol. The molecule has 290 valence electrons. The predicted molar refractivity (Wildman–Crippen MR) is 258 cm³/mol. The van der Waals surface area contributed by atoms with Crippen molar-refractivity contribution >= 4 is 43.6 Å². The van der Waals surface area contributed by atoms with E-state index >= 15 is 0 Å². The Hall–Kier alpha value is -8.34. The van der Waals surface area contributed by atoms with E-state index in [1.54, 1.807) is 0 Å². The van der Waals surface area contributed by atoms with Crippen molar-refractivity contribution in [3.8, 4) is 67.5 Å². The van der Waals surface area contributed by atoms with E-state index in [9.17, 15) is 0 Å². The van der Waals surface area contributed by atoms with Gasteiger partial charge in [0, 0.05) is 55.0 Å². The zero-order valence-electron chi connectivity index (χ0n) is 33.7. The van der Waals surface area contributed by atoms with Crippen molar-refractivity contribution < 1.29 is 0 Å². The molecule has 12 aromatic rings. The van der Waals surface area contributed by atoms with Crippen molar-refractivity contribution in [2.75, 3.05) is 0 Å². The molecular formula is C58H38N4. The van der Waals surface area contributed by atoms with Gasteiger partial charge in [0.2, 0.25) is 0 Å². The van der Waals surface area contributed by atoms with Crippen LogP contribution in [0.4, 0.5) is 0 Å².